The third-order valence-corrected chi connectivity index (χ3v) is 6.08. The van der Waals surface area contributed by atoms with Crippen LogP contribution in [0.2, 0.25) is 0 Å². The third kappa shape index (κ3) is 4.06. The molecule has 2 amide bonds. The molecule has 2 N–H and O–H groups in total. The van der Waals surface area contributed by atoms with E-state index in [9.17, 15) is 9.59 Å². The molecule has 1 saturated heterocycles. The molecule has 3 atom stereocenters. The summed E-state index contributed by atoms with van der Waals surface area (Å²) in [5, 5.41) is 5.03. The minimum atomic E-state index is -0.0812. The molecule has 2 aromatic rings. The maximum Gasteiger partial charge on any atom is 0.270 e. The largest absolute Gasteiger partial charge is 0.374 e. The van der Waals surface area contributed by atoms with Gasteiger partial charge in [-0.2, -0.15) is 0 Å². The predicted octanol–water partition coefficient (Wildman–Crippen LogP) is 1.84. The number of thiazole rings is 1. The molecule has 0 aromatic carbocycles. The number of carbonyl (C=O) groups is 2. The quantitative estimate of drug-likeness (QED) is 0.818. The number of morpholine rings is 1. The van der Waals surface area contributed by atoms with Crippen LogP contribution in [0.5, 0.6) is 0 Å². The maximum atomic E-state index is 12.8. The fourth-order valence-electron chi connectivity index (χ4n) is 4.04. The molecule has 2 fully saturated rings. The lowest BCUT2D eigenvalue weighted by molar-refractivity contribution is -0.131. The number of nitrogens with zero attached hydrogens (tertiary/aromatic N) is 2. The van der Waals surface area contributed by atoms with Crippen LogP contribution in [0.3, 0.4) is 0 Å². The normalized spacial score (nSPS) is 25.0. The lowest BCUT2D eigenvalue weighted by Crippen LogP contribution is -2.57. The number of ether oxygens (including phenoxy) is 1. The molecule has 0 unspecified atom stereocenters. The summed E-state index contributed by atoms with van der Waals surface area (Å²) in [6, 6.07) is 3.57. The van der Waals surface area contributed by atoms with Crippen LogP contribution in [0.4, 0.5) is 0 Å². The summed E-state index contributed by atoms with van der Waals surface area (Å²) in [6.45, 7) is 1.71. The van der Waals surface area contributed by atoms with E-state index < -0.39 is 0 Å². The van der Waals surface area contributed by atoms with E-state index in [1.165, 1.54) is 0 Å². The van der Waals surface area contributed by atoms with E-state index in [1.807, 2.05) is 16.3 Å². The van der Waals surface area contributed by atoms with Gasteiger partial charge in [0.2, 0.25) is 5.91 Å². The number of rotatable bonds is 5. The number of hydrogen-bond acceptors (Lipinski definition) is 5. The predicted molar refractivity (Wildman–Crippen MR) is 102 cm³/mol. The summed E-state index contributed by atoms with van der Waals surface area (Å²) in [4.78, 5) is 34.6. The second kappa shape index (κ2) is 8.22. The lowest BCUT2D eigenvalue weighted by Gasteiger charge is -2.45. The van der Waals surface area contributed by atoms with Crippen molar-refractivity contribution in [3.8, 4) is 0 Å². The van der Waals surface area contributed by atoms with Crippen molar-refractivity contribution in [2.24, 2.45) is 5.92 Å². The van der Waals surface area contributed by atoms with E-state index in [0.29, 0.717) is 31.8 Å². The Bertz CT molecular complexity index is 762. The van der Waals surface area contributed by atoms with Crippen LogP contribution in [0.15, 0.2) is 29.2 Å². The molecule has 0 spiro atoms. The van der Waals surface area contributed by atoms with Gasteiger partial charge in [-0.3, -0.25) is 9.59 Å². The zero-order valence-corrected chi connectivity index (χ0v) is 15.9. The second-order valence-corrected chi connectivity index (χ2v) is 7.81. The first-order valence-electron chi connectivity index (χ1n) is 9.43. The van der Waals surface area contributed by atoms with Crippen LogP contribution in [0.25, 0.3) is 0 Å². The van der Waals surface area contributed by atoms with Gasteiger partial charge in [-0.1, -0.05) is 0 Å². The smallest absolute Gasteiger partial charge is 0.270 e. The van der Waals surface area contributed by atoms with E-state index in [2.05, 4.69) is 15.3 Å². The number of aromatic nitrogens is 2. The zero-order valence-electron chi connectivity index (χ0n) is 15.1. The van der Waals surface area contributed by atoms with Crippen molar-refractivity contribution in [2.75, 3.05) is 19.7 Å². The summed E-state index contributed by atoms with van der Waals surface area (Å²) in [5.74, 6) is -0.0215. The van der Waals surface area contributed by atoms with Crippen molar-refractivity contribution in [1.82, 2.24) is 20.2 Å². The number of fused-ring (bicyclic) bond motifs is 1. The molecule has 1 aliphatic carbocycles. The van der Waals surface area contributed by atoms with Gasteiger partial charge >= 0.3 is 0 Å². The Balaban J connectivity index is 1.36. The molecule has 0 radical (unpaired) electrons. The average molecular weight is 388 g/mol. The topological polar surface area (TPSA) is 87.3 Å². The third-order valence-electron chi connectivity index (χ3n) is 5.44. The molecule has 0 bridgehead atoms. The number of nitrogens with one attached hydrogen (secondary N) is 2. The van der Waals surface area contributed by atoms with Gasteiger partial charge in [-0.25, -0.2) is 4.98 Å². The summed E-state index contributed by atoms with van der Waals surface area (Å²) in [7, 11) is 0. The van der Waals surface area contributed by atoms with Gasteiger partial charge < -0.3 is 19.9 Å². The van der Waals surface area contributed by atoms with E-state index >= 15 is 0 Å². The molecule has 27 heavy (non-hydrogen) atoms. The van der Waals surface area contributed by atoms with Gasteiger partial charge in [0.1, 0.15) is 5.69 Å². The van der Waals surface area contributed by atoms with Gasteiger partial charge in [0, 0.05) is 37.0 Å². The van der Waals surface area contributed by atoms with Gasteiger partial charge in [-0.15, -0.1) is 11.3 Å². The lowest BCUT2D eigenvalue weighted by atomic mass is 9.81. The summed E-state index contributed by atoms with van der Waals surface area (Å²) >= 11 is 1.56. The molecule has 2 aromatic heterocycles. The minimum Gasteiger partial charge on any atom is -0.374 e. The Morgan fingerprint density at radius 1 is 1.41 bits per heavy atom. The van der Waals surface area contributed by atoms with Gasteiger partial charge in [0.15, 0.2) is 0 Å². The summed E-state index contributed by atoms with van der Waals surface area (Å²) in [6.07, 6.45) is 4.79. The second-order valence-electron chi connectivity index (χ2n) is 7.09. The van der Waals surface area contributed by atoms with Crippen LogP contribution in [0.1, 0.15) is 35.4 Å². The van der Waals surface area contributed by atoms with Crippen LogP contribution >= 0.6 is 11.3 Å². The van der Waals surface area contributed by atoms with Crippen LogP contribution in [0, 0.1) is 5.92 Å². The minimum absolute atomic E-state index is 0.0112. The van der Waals surface area contributed by atoms with E-state index in [4.69, 9.17) is 4.74 Å². The molecule has 4 rings (SSSR count). The monoisotopic (exact) mass is 388 g/mol. The highest BCUT2D eigenvalue weighted by Crippen LogP contribution is 2.33. The summed E-state index contributed by atoms with van der Waals surface area (Å²) in [5.41, 5.74) is 3.40. The molecule has 1 aliphatic heterocycles. The first-order chi connectivity index (χ1) is 13.2. The van der Waals surface area contributed by atoms with Crippen LogP contribution in [-0.2, 0) is 16.0 Å². The fraction of sp³-hybridized carbons (Fsp3) is 0.526. The molecule has 2 aliphatic rings. The molecular weight excluding hydrogens is 364 g/mol. The van der Waals surface area contributed by atoms with Crippen molar-refractivity contribution in [3.63, 3.8) is 0 Å². The molecule has 1 saturated carbocycles. The Hall–Kier alpha value is -2.19. The molecular formula is C19H24N4O3S. The number of aromatic amines is 1. The van der Waals surface area contributed by atoms with Crippen molar-refractivity contribution >= 4 is 23.2 Å². The fourth-order valence-corrected chi connectivity index (χ4v) is 4.63. The number of hydrogen-bond donors (Lipinski definition) is 2. The van der Waals surface area contributed by atoms with Crippen molar-refractivity contribution < 1.29 is 14.3 Å². The van der Waals surface area contributed by atoms with Gasteiger partial charge in [0.25, 0.3) is 5.91 Å². The number of amides is 2. The maximum absolute atomic E-state index is 12.8. The van der Waals surface area contributed by atoms with Crippen molar-refractivity contribution in [3.05, 3.63) is 40.6 Å². The highest BCUT2D eigenvalue weighted by molar-refractivity contribution is 7.07. The molecule has 7 nitrogen and oxygen atoms in total. The molecule has 3 heterocycles. The van der Waals surface area contributed by atoms with Gasteiger partial charge in [-0.05, 0) is 31.4 Å². The first kappa shape index (κ1) is 18.2. The molecule has 144 valence electrons. The Morgan fingerprint density at radius 2 is 2.33 bits per heavy atom. The number of H-pyrrole nitrogens is 1. The Morgan fingerprint density at radius 3 is 3.11 bits per heavy atom. The van der Waals surface area contributed by atoms with Gasteiger partial charge in [0.05, 0.1) is 30.0 Å². The Labute approximate surface area is 162 Å². The standard InChI is InChI=1S/C19H24N4O3S/c24-18(21-7-5-14-11-27-12-22-14)13-3-4-17-16(10-13)23(8-9-26-17)19(25)15-2-1-6-20-15/h1-2,6,11-13,16-17,20H,3-5,7-10H2,(H,21,24)/t13-,16+,17+/m0/s1. The zero-order chi connectivity index (χ0) is 18.6. The van der Waals surface area contributed by atoms with E-state index in [0.717, 1.165) is 25.0 Å². The van der Waals surface area contributed by atoms with Crippen molar-refractivity contribution in [2.45, 2.75) is 37.8 Å². The number of carbonyl (C=O) groups excluding carboxylic acids is 2. The van der Waals surface area contributed by atoms with E-state index in [-0.39, 0.29) is 29.9 Å². The van der Waals surface area contributed by atoms with Crippen molar-refractivity contribution in [1.29, 1.82) is 0 Å². The van der Waals surface area contributed by atoms with Crippen LogP contribution < -0.4 is 5.32 Å². The SMILES string of the molecule is O=C(NCCc1cscn1)[C@H]1CC[C@H]2OCCN(C(=O)c3ccc[nH]3)[C@@H]2C1. The molecule has 8 heteroatoms. The highest BCUT2D eigenvalue weighted by Gasteiger charge is 2.42. The Kier molecular flexibility index (Phi) is 5.54. The van der Waals surface area contributed by atoms with E-state index in [1.54, 1.807) is 29.1 Å². The highest BCUT2D eigenvalue weighted by atomic mass is 32.1. The summed E-state index contributed by atoms with van der Waals surface area (Å²) < 4.78 is 5.89. The van der Waals surface area contributed by atoms with Crippen LogP contribution in [-0.4, -0.2) is 58.5 Å². The average Bonchev–Trinajstić information content (AvgIpc) is 3.40. The first-order valence-corrected chi connectivity index (χ1v) is 10.4.